The minimum absolute atomic E-state index is 0.185. The van der Waals surface area contributed by atoms with Gasteiger partial charge in [0.15, 0.2) is 0 Å². The summed E-state index contributed by atoms with van der Waals surface area (Å²) in [6, 6.07) is 6.86. The molecule has 0 radical (unpaired) electrons. The molecule has 0 spiro atoms. The van der Waals surface area contributed by atoms with E-state index in [1.807, 2.05) is 0 Å². The predicted octanol–water partition coefficient (Wildman–Crippen LogP) is 4.72. The van der Waals surface area contributed by atoms with Crippen molar-refractivity contribution in [3.63, 3.8) is 0 Å². The van der Waals surface area contributed by atoms with Crippen molar-refractivity contribution in [2.75, 3.05) is 12.5 Å². The first-order valence-electron chi connectivity index (χ1n) is 6.70. The van der Waals surface area contributed by atoms with Gasteiger partial charge in [-0.2, -0.15) is 18.3 Å². The second-order valence-corrected chi connectivity index (χ2v) is 5.18. The molecule has 0 fully saturated rings. The second kappa shape index (κ2) is 7.39. The number of anilines is 1. The number of hydrazone groups is 1. The maximum Gasteiger partial charge on any atom is 0.416 e. The Bertz CT molecular complexity index is 825. The molecule has 0 aliphatic heterocycles. The minimum atomic E-state index is -4.68. The molecule has 1 N–H and O–H groups in total. The van der Waals surface area contributed by atoms with Crippen molar-refractivity contribution >= 4 is 29.2 Å². The van der Waals surface area contributed by atoms with Crippen LogP contribution in [0.5, 0.6) is 5.75 Å². The van der Waals surface area contributed by atoms with Gasteiger partial charge in [0.1, 0.15) is 11.4 Å². The fourth-order valence-electron chi connectivity index (χ4n) is 1.93. The molecular formula is C15H11ClF3N3O3. The largest absolute Gasteiger partial charge is 0.496 e. The molecule has 0 aliphatic rings. The molecule has 0 saturated heterocycles. The van der Waals surface area contributed by atoms with E-state index < -0.39 is 22.4 Å². The Kier molecular flexibility index (Phi) is 5.48. The molecule has 0 saturated carbocycles. The number of ether oxygens (including phenoxy) is 1. The highest BCUT2D eigenvalue weighted by Gasteiger charge is 2.33. The number of hydrogen-bond donors (Lipinski definition) is 1. The first-order valence-corrected chi connectivity index (χ1v) is 7.08. The quantitative estimate of drug-likeness (QED) is 0.467. The van der Waals surface area contributed by atoms with Crippen molar-refractivity contribution in [3.05, 3.63) is 62.7 Å². The number of nitrogens with one attached hydrogen (secondary N) is 1. The topological polar surface area (TPSA) is 76.8 Å². The van der Waals surface area contributed by atoms with E-state index in [1.165, 1.54) is 13.3 Å². The first-order chi connectivity index (χ1) is 11.7. The van der Waals surface area contributed by atoms with E-state index in [2.05, 4.69) is 10.5 Å². The number of hydrogen-bond acceptors (Lipinski definition) is 5. The van der Waals surface area contributed by atoms with Crippen LogP contribution in [0, 0.1) is 10.1 Å². The molecule has 0 atom stereocenters. The fourth-order valence-corrected chi connectivity index (χ4v) is 2.11. The Morgan fingerprint density at radius 3 is 2.60 bits per heavy atom. The van der Waals surface area contributed by atoms with Crippen LogP contribution in [0.3, 0.4) is 0 Å². The summed E-state index contributed by atoms with van der Waals surface area (Å²) < 4.78 is 43.1. The molecule has 0 heterocycles. The molecule has 25 heavy (non-hydrogen) atoms. The highest BCUT2D eigenvalue weighted by Crippen LogP contribution is 2.35. The first kappa shape index (κ1) is 18.5. The van der Waals surface area contributed by atoms with Gasteiger partial charge in [-0.25, -0.2) is 0 Å². The van der Waals surface area contributed by atoms with Crippen LogP contribution in [-0.2, 0) is 6.18 Å². The van der Waals surface area contributed by atoms with Crippen LogP contribution >= 0.6 is 11.6 Å². The number of alkyl halides is 3. The van der Waals surface area contributed by atoms with Crippen LogP contribution in [0.25, 0.3) is 0 Å². The van der Waals surface area contributed by atoms with Gasteiger partial charge in [0.05, 0.1) is 23.8 Å². The van der Waals surface area contributed by atoms with Crippen LogP contribution in [0.2, 0.25) is 5.02 Å². The molecule has 6 nitrogen and oxygen atoms in total. The summed E-state index contributed by atoms with van der Waals surface area (Å²) in [4.78, 5) is 10.1. The standard InChI is InChI=1S/C15H11ClF3N3O3/c1-25-14-5-3-11(16)6-9(14)8-20-21-12-4-2-10(15(17,18)19)7-13(12)22(23)24/h2-8,21H,1H3/b20-8-. The van der Waals surface area contributed by atoms with Crippen LogP contribution in [-0.4, -0.2) is 18.2 Å². The lowest BCUT2D eigenvalue weighted by molar-refractivity contribution is -0.384. The summed E-state index contributed by atoms with van der Waals surface area (Å²) in [6.07, 6.45) is -3.40. The lowest BCUT2D eigenvalue weighted by Crippen LogP contribution is -2.06. The van der Waals surface area contributed by atoms with Crippen LogP contribution < -0.4 is 10.2 Å². The van der Waals surface area contributed by atoms with Gasteiger partial charge in [-0.15, -0.1) is 0 Å². The van der Waals surface area contributed by atoms with Gasteiger partial charge in [0.25, 0.3) is 5.69 Å². The van der Waals surface area contributed by atoms with Gasteiger partial charge >= 0.3 is 6.18 Å². The Labute approximate surface area is 145 Å². The molecule has 2 rings (SSSR count). The van der Waals surface area contributed by atoms with Crippen molar-refractivity contribution in [1.29, 1.82) is 0 Å². The number of benzene rings is 2. The third-order valence-electron chi connectivity index (χ3n) is 3.10. The zero-order valence-electron chi connectivity index (χ0n) is 12.7. The van der Waals surface area contributed by atoms with Gasteiger partial charge in [-0.05, 0) is 30.3 Å². The zero-order chi connectivity index (χ0) is 18.6. The van der Waals surface area contributed by atoms with Crippen molar-refractivity contribution < 1.29 is 22.8 Å². The maximum absolute atomic E-state index is 12.7. The monoisotopic (exact) mass is 373 g/mol. The average molecular weight is 374 g/mol. The maximum atomic E-state index is 12.7. The molecule has 10 heteroatoms. The van der Waals surface area contributed by atoms with E-state index in [-0.39, 0.29) is 5.69 Å². The van der Waals surface area contributed by atoms with Crippen LogP contribution in [0.1, 0.15) is 11.1 Å². The zero-order valence-corrected chi connectivity index (χ0v) is 13.4. The second-order valence-electron chi connectivity index (χ2n) is 4.74. The van der Waals surface area contributed by atoms with Crippen molar-refractivity contribution in [1.82, 2.24) is 0 Å². The molecule has 0 bridgehead atoms. The fraction of sp³-hybridized carbons (Fsp3) is 0.133. The molecule has 2 aromatic rings. The highest BCUT2D eigenvalue weighted by molar-refractivity contribution is 6.30. The molecule has 0 unspecified atom stereocenters. The van der Waals surface area contributed by atoms with E-state index >= 15 is 0 Å². The number of methoxy groups -OCH3 is 1. The number of rotatable bonds is 5. The van der Waals surface area contributed by atoms with E-state index in [9.17, 15) is 23.3 Å². The van der Waals surface area contributed by atoms with Gasteiger partial charge < -0.3 is 4.74 Å². The van der Waals surface area contributed by atoms with Crippen molar-refractivity contribution in [2.24, 2.45) is 5.10 Å². The summed E-state index contributed by atoms with van der Waals surface area (Å²) in [7, 11) is 1.44. The van der Waals surface area contributed by atoms with E-state index in [1.54, 1.807) is 18.2 Å². The number of nitrogens with zero attached hydrogens (tertiary/aromatic N) is 2. The number of halogens is 4. The number of nitro benzene ring substituents is 1. The number of nitro groups is 1. The molecule has 132 valence electrons. The molecule has 0 aromatic heterocycles. The SMILES string of the molecule is COc1ccc(Cl)cc1/C=N\Nc1ccc(C(F)(F)F)cc1[N+](=O)[O-]. The summed E-state index contributed by atoms with van der Waals surface area (Å²) in [6.45, 7) is 0. The van der Waals surface area contributed by atoms with E-state index in [0.29, 0.717) is 22.4 Å². The van der Waals surface area contributed by atoms with E-state index in [0.717, 1.165) is 12.1 Å². The van der Waals surface area contributed by atoms with E-state index in [4.69, 9.17) is 16.3 Å². The lowest BCUT2D eigenvalue weighted by atomic mass is 10.1. The molecular weight excluding hydrogens is 363 g/mol. The predicted molar refractivity (Wildman–Crippen MR) is 87.3 cm³/mol. The van der Waals surface area contributed by atoms with Crippen molar-refractivity contribution in [3.8, 4) is 5.75 Å². The van der Waals surface area contributed by atoms with Gasteiger partial charge in [-0.1, -0.05) is 11.6 Å². The smallest absolute Gasteiger partial charge is 0.416 e. The van der Waals surface area contributed by atoms with Gasteiger partial charge in [0.2, 0.25) is 0 Å². The van der Waals surface area contributed by atoms with Crippen LogP contribution in [0.4, 0.5) is 24.5 Å². The highest BCUT2D eigenvalue weighted by atomic mass is 35.5. The summed E-state index contributed by atoms with van der Waals surface area (Å²) in [5, 5.41) is 15.2. The van der Waals surface area contributed by atoms with Crippen molar-refractivity contribution in [2.45, 2.75) is 6.18 Å². The summed E-state index contributed by atoms with van der Waals surface area (Å²) in [5.41, 5.74) is 0.787. The average Bonchev–Trinajstić information content (AvgIpc) is 2.54. The Hall–Kier alpha value is -2.81. The Morgan fingerprint density at radius 2 is 2.00 bits per heavy atom. The van der Waals surface area contributed by atoms with Crippen LogP contribution in [0.15, 0.2) is 41.5 Å². The molecule has 0 amide bonds. The minimum Gasteiger partial charge on any atom is -0.496 e. The molecule has 2 aromatic carbocycles. The third-order valence-corrected chi connectivity index (χ3v) is 3.34. The summed E-state index contributed by atoms with van der Waals surface area (Å²) >= 11 is 5.86. The normalized spacial score (nSPS) is 11.6. The lowest BCUT2D eigenvalue weighted by Gasteiger charge is -2.08. The molecule has 0 aliphatic carbocycles. The third kappa shape index (κ3) is 4.60. The Balaban J connectivity index is 2.29. The Morgan fingerprint density at radius 1 is 1.28 bits per heavy atom. The van der Waals surface area contributed by atoms with Gasteiger partial charge in [-0.3, -0.25) is 15.5 Å². The summed E-state index contributed by atoms with van der Waals surface area (Å²) in [5.74, 6) is 0.455. The van der Waals surface area contributed by atoms with Gasteiger partial charge in [0, 0.05) is 16.7 Å².